The van der Waals surface area contributed by atoms with Crippen LogP contribution in [0.25, 0.3) is 0 Å². The van der Waals surface area contributed by atoms with Gasteiger partial charge in [0.25, 0.3) is 0 Å². The van der Waals surface area contributed by atoms with E-state index >= 15 is 0 Å². The van der Waals surface area contributed by atoms with Gasteiger partial charge in [-0.1, -0.05) is 19.4 Å². The van der Waals surface area contributed by atoms with Gasteiger partial charge in [-0.05, 0) is 31.0 Å². The van der Waals surface area contributed by atoms with Gasteiger partial charge >= 0.3 is 0 Å². The van der Waals surface area contributed by atoms with Crippen LogP contribution in [0.3, 0.4) is 0 Å². The molecule has 3 nitrogen and oxygen atoms in total. The van der Waals surface area contributed by atoms with E-state index in [0.29, 0.717) is 6.54 Å². The second-order valence-corrected chi connectivity index (χ2v) is 3.80. The lowest BCUT2D eigenvalue weighted by Gasteiger charge is -2.20. The first kappa shape index (κ1) is 12.0. The van der Waals surface area contributed by atoms with Crippen LogP contribution in [-0.2, 0) is 6.42 Å². The van der Waals surface area contributed by atoms with Crippen molar-refractivity contribution >= 4 is 5.82 Å². The molecule has 0 bridgehead atoms. The summed E-state index contributed by atoms with van der Waals surface area (Å²) < 4.78 is 0. The van der Waals surface area contributed by atoms with Crippen LogP contribution in [0.2, 0.25) is 0 Å². The summed E-state index contributed by atoms with van der Waals surface area (Å²) in [6.07, 6.45) is 5.16. The van der Waals surface area contributed by atoms with Crippen molar-refractivity contribution in [2.24, 2.45) is 5.73 Å². The van der Waals surface area contributed by atoms with Gasteiger partial charge in [0, 0.05) is 19.8 Å². The summed E-state index contributed by atoms with van der Waals surface area (Å²) >= 11 is 0. The number of anilines is 1. The molecule has 0 aromatic carbocycles. The van der Waals surface area contributed by atoms with Crippen molar-refractivity contribution in [3.05, 3.63) is 23.9 Å². The molecule has 0 saturated carbocycles. The Labute approximate surface area is 92.3 Å². The quantitative estimate of drug-likeness (QED) is 0.773. The third-order valence-corrected chi connectivity index (χ3v) is 2.49. The van der Waals surface area contributed by atoms with Crippen molar-refractivity contribution in [1.82, 2.24) is 4.98 Å². The lowest BCUT2D eigenvalue weighted by molar-refractivity contribution is 0.754. The molecule has 1 aromatic heterocycles. The molecule has 0 spiro atoms. The molecule has 1 aromatic rings. The molecule has 0 radical (unpaired) electrons. The van der Waals surface area contributed by atoms with Gasteiger partial charge in [-0.3, -0.25) is 0 Å². The van der Waals surface area contributed by atoms with E-state index in [1.54, 1.807) is 0 Å². The van der Waals surface area contributed by atoms with E-state index in [0.717, 1.165) is 18.8 Å². The SMILES string of the molecule is CCCCN(C)c1ncccc1CCN. The summed E-state index contributed by atoms with van der Waals surface area (Å²) in [5.74, 6) is 1.08. The molecule has 84 valence electrons. The zero-order valence-electron chi connectivity index (χ0n) is 9.74. The van der Waals surface area contributed by atoms with Crippen molar-refractivity contribution in [3.63, 3.8) is 0 Å². The molecule has 0 fully saturated rings. The maximum Gasteiger partial charge on any atom is 0.131 e. The summed E-state index contributed by atoms with van der Waals surface area (Å²) in [4.78, 5) is 6.64. The number of unbranched alkanes of at least 4 members (excludes halogenated alkanes) is 1. The van der Waals surface area contributed by atoms with Crippen LogP contribution >= 0.6 is 0 Å². The summed E-state index contributed by atoms with van der Waals surface area (Å²) in [6.45, 7) is 3.94. The summed E-state index contributed by atoms with van der Waals surface area (Å²) in [6, 6.07) is 4.08. The molecule has 2 N–H and O–H groups in total. The summed E-state index contributed by atoms with van der Waals surface area (Å²) in [7, 11) is 2.10. The molecular weight excluding hydrogens is 186 g/mol. The Morgan fingerprint density at radius 2 is 2.27 bits per heavy atom. The first-order valence-corrected chi connectivity index (χ1v) is 5.64. The number of rotatable bonds is 6. The van der Waals surface area contributed by atoms with Crippen molar-refractivity contribution in [3.8, 4) is 0 Å². The smallest absolute Gasteiger partial charge is 0.131 e. The molecule has 0 aliphatic carbocycles. The highest BCUT2D eigenvalue weighted by molar-refractivity contribution is 5.46. The Kier molecular flexibility index (Phi) is 5.12. The van der Waals surface area contributed by atoms with Crippen molar-refractivity contribution in [2.45, 2.75) is 26.2 Å². The van der Waals surface area contributed by atoms with E-state index < -0.39 is 0 Å². The number of hydrogen-bond acceptors (Lipinski definition) is 3. The van der Waals surface area contributed by atoms with Crippen molar-refractivity contribution in [1.29, 1.82) is 0 Å². The lowest BCUT2D eigenvalue weighted by Crippen LogP contribution is -2.21. The minimum atomic E-state index is 0.681. The Morgan fingerprint density at radius 1 is 1.47 bits per heavy atom. The second kappa shape index (κ2) is 6.40. The van der Waals surface area contributed by atoms with Crippen LogP contribution in [0.5, 0.6) is 0 Å². The van der Waals surface area contributed by atoms with E-state index in [-0.39, 0.29) is 0 Å². The first-order chi connectivity index (χ1) is 7.29. The summed E-state index contributed by atoms with van der Waals surface area (Å²) in [5, 5.41) is 0. The van der Waals surface area contributed by atoms with Crippen LogP contribution in [0.15, 0.2) is 18.3 Å². The van der Waals surface area contributed by atoms with Gasteiger partial charge in [-0.2, -0.15) is 0 Å². The predicted octanol–water partition coefficient (Wildman–Crippen LogP) is 1.82. The highest BCUT2D eigenvalue weighted by Crippen LogP contribution is 2.16. The second-order valence-electron chi connectivity index (χ2n) is 3.80. The number of nitrogens with two attached hydrogens (primary N) is 1. The van der Waals surface area contributed by atoms with E-state index in [2.05, 4.69) is 29.9 Å². The molecule has 0 unspecified atom stereocenters. The largest absolute Gasteiger partial charge is 0.359 e. The standard InChI is InChI=1S/C12H21N3/c1-3-4-10-15(2)12-11(7-8-13)6-5-9-14-12/h5-6,9H,3-4,7-8,10,13H2,1-2H3. The van der Waals surface area contributed by atoms with E-state index in [1.807, 2.05) is 12.3 Å². The zero-order chi connectivity index (χ0) is 11.1. The van der Waals surface area contributed by atoms with E-state index in [9.17, 15) is 0 Å². The van der Waals surface area contributed by atoms with Gasteiger partial charge in [0.2, 0.25) is 0 Å². The minimum Gasteiger partial charge on any atom is -0.359 e. The zero-order valence-corrected chi connectivity index (χ0v) is 9.74. The number of hydrogen-bond donors (Lipinski definition) is 1. The fourth-order valence-corrected chi connectivity index (χ4v) is 1.63. The number of nitrogens with zero attached hydrogens (tertiary/aromatic N) is 2. The van der Waals surface area contributed by atoms with Gasteiger partial charge in [0.15, 0.2) is 0 Å². The molecule has 3 heteroatoms. The van der Waals surface area contributed by atoms with Crippen LogP contribution < -0.4 is 10.6 Å². The molecule has 15 heavy (non-hydrogen) atoms. The highest BCUT2D eigenvalue weighted by Gasteiger charge is 2.06. The Morgan fingerprint density at radius 3 is 2.93 bits per heavy atom. The highest BCUT2D eigenvalue weighted by atomic mass is 15.2. The minimum absolute atomic E-state index is 0.681. The third-order valence-electron chi connectivity index (χ3n) is 2.49. The predicted molar refractivity (Wildman–Crippen MR) is 65.2 cm³/mol. The fourth-order valence-electron chi connectivity index (χ4n) is 1.63. The number of aromatic nitrogens is 1. The normalized spacial score (nSPS) is 10.3. The average Bonchev–Trinajstić information content (AvgIpc) is 2.27. The van der Waals surface area contributed by atoms with Gasteiger partial charge in [-0.25, -0.2) is 4.98 Å². The molecule has 0 aliphatic rings. The van der Waals surface area contributed by atoms with Crippen LogP contribution in [0.4, 0.5) is 5.82 Å². The van der Waals surface area contributed by atoms with Gasteiger partial charge < -0.3 is 10.6 Å². The Balaban J connectivity index is 2.72. The maximum atomic E-state index is 5.58. The first-order valence-electron chi connectivity index (χ1n) is 5.64. The fraction of sp³-hybridized carbons (Fsp3) is 0.583. The lowest BCUT2D eigenvalue weighted by atomic mass is 10.2. The molecule has 0 amide bonds. The Hall–Kier alpha value is -1.09. The monoisotopic (exact) mass is 207 g/mol. The third kappa shape index (κ3) is 3.51. The molecule has 1 rings (SSSR count). The van der Waals surface area contributed by atoms with Gasteiger partial charge in [0.1, 0.15) is 5.82 Å². The molecule has 0 saturated heterocycles. The maximum absolute atomic E-state index is 5.58. The summed E-state index contributed by atoms with van der Waals surface area (Å²) in [5.41, 5.74) is 6.83. The molecule has 1 heterocycles. The van der Waals surface area contributed by atoms with Crippen molar-refractivity contribution < 1.29 is 0 Å². The molecular formula is C12H21N3. The average molecular weight is 207 g/mol. The van der Waals surface area contributed by atoms with E-state index in [4.69, 9.17) is 5.73 Å². The van der Waals surface area contributed by atoms with Crippen molar-refractivity contribution in [2.75, 3.05) is 25.0 Å². The van der Waals surface area contributed by atoms with Crippen LogP contribution in [0, 0.1) is 0 Å². The Bertz CT molecular complexity index is 286. The van der Waals surface area contributed by atoms with Gasteiger partial charge in [0.05, 0.1) is 0 Å². The molecule has 0 atom stereocenters. The topological polar surface area (TPSA) is 42.2 Å². The van der Waals surface area contributed by atoms with Crippen LogP contribution in [0.1, 0.15) is 25.3 Å². The van der Waals surface area contributed by atoms with E-state index in [1.165, 1.54) is 18.4 Å². The van der Waals surface area contributed by atoms with Crippen LogP contribution in [-0.4, -0.2) is 25.1 Å². The number of pyridine rings is 1. The van der Waals surface area contributed by atoms with Gasteiger partial charge in [-0.15, -0.1) is 0 Å². The molecule has 0 aliphatic heterocycles.